The van der Waals surface area contributed by atoms with E-state index in [0.29, 0.717) is 8.16 Å². The van der Waals surface area contributed by atoms with E-state index in [1.807, 2.05) is 0 Å². The summed E-state index contributed by atoms with van der Waals surface area (Å²) in [5.74, 6) is 5.45. The molecule has 1 saturated heterocycles. The molecule has 3 heteroatoms. The Morgan fingerprint density at radius 2 is 1.59 bits per heavy atom. The minimum atomic E-state index is 0.293. The van der Waals surface area contributed by atoms with E-state index in [1.165, 1.54) is 31.4 Å². The van der Waals surface area contributed by atoms with Crippen molar-refractivity contribution in [2.24, 2.45) is 23.7 Å². The van der Waals surface area contributed by atoms with Crippen LogP contribution in [0.5, 0.6) is 0 Å². The first-order valence-electron chi connectivity index (χ1n) is 8.69. The Morgan fingerprint density at radius 3 is 2.18 bits per heavy atom. The normalized spacial score (nSPS) is 49.1. The van der Waals surface area contributed by atoms with Gasteiger partial charge in [0.25, 0.3) is 0 Å². The largest absolute Gasteiger partial charge is 0.142 e. The van der Waals surface area contributed by atoms with Crippen LogP contribution in [0.3, 0.4) is 0 Å². The summed E-state index contributed by atoms with van der Waals surface area (Å²) in [6.45, 7) is 0. The Balaban J connectivity index is 1.51. The molecule has 1 atom stereocenters. The maximum atomic E-state index is 2.38. The third kappa shape index (κ3) is 1.94. The number of hydrogen-bond donors (Lipinski definition) is 0. The molecule has 0 N–H and O–H groups in total. The summed E-state index contributed by atoms with van der Waals surface area (Å²) in [6, 6.07) is 11.3. The molecule has 1 heterocycles. The van der Waals surface area contributed by atoms with Gasteiger partial charge >= 0.3 is 0 Å². The molecule has 0 nitrogen and oxygen atoms in total. The fourth-order valence-electron chi connectivity index (χ4n) is 5.82. The molecule has 1 aromatic carbocycles. The van der Waals surface area contributed by atoms with E-state index in [4.69, 9.17) is 0 Å². The first-order valence-corrected chi connectivity index (χ1v) is 11.7. The SMILES string of the molecule is CSC1(c2ccccc2)CSC2(S1)C1CC3CC(C1)CC2C3. The lowest BCUT2D eigenvalue weighted by Crippen LogP contribution is -2.53. The second-order valence-corrected chi connectivity index (χ2v) is 12.2. The molecule has 0 radical (unpaired) electrons. The highest BCUT2D eigenvalue weighted by atomic mass is 32.2. The van der Waals surface area contributed by atoms with Crippen LogP contribution in [-0.4, -0.2) is 16.1 Å². The molecular weight excluding hydrogens is 324 g/mol. The van der Waals surface area contributed by atoms with Crippen LogP contribution >= 0.6 is 35.3 Å². The monoisotopic (exact) mass is 348 g/mol. The Kier molecular flexibility index (Phi) is 3.41. The smallest absolute Gasteiger partial charge is 0.0961 e. The van der Waals surface area contributed by atoms with E-state index in [0.717, 1.165) is 23.7 Å². The van der Waals surface area contributed by atoms with Crippen molar-refractivity contribution in [1.29, 1.82) is 0 Å². The van der Waals surface area contributed by atoms with Gasteiger partial charge in [-0.1, -0.05) is 30.3 Å². The summed E-state index contributed by atoms with van der Waals surface area (Å²) >= 11 is 6.82. The molecule has 0 amide bonds. The van der Waals surface area contributed by atoms with Crippen molar-refractivity contribution < 1.29 is 0 Å². The molecule has 4 bridgehead atoms. The Hall–Kier alpha value is 0.270. The predicted molar refractivity (Wildman–Crippen MR) is 101 cm³/mol. The lowest BCUT2D eigenvalue weighted by atomic mass is 9.56. The zero-order valence-electron chi connectivity index (χ0n) is 13.2. The summed E-state index contributed by atoms with van der Waals surface area (Å²) < 4.78 is 0.841. The van der Waals surface area contributed by atoms with Crippen molar-refractivity contribution in [3.05, 3.63) is 35.9 Å². The van der Waals surface area contributed by atoms with Crippen LogP contribution in [0, 0.1) is 23.7 Å². The van der Waals surface area contributed by atoms with Gasteiger partial charge in [-0.2, -0.15) is 0 Å². The van der Waals surface area contributed by atoms with E-state index in [2.05, 4.69) is 71.9 Å². The standard InChI is InChI=1S/C19H24S3/c1-20-18(15-5-3-2-4-6-15)12-21-19(22-18)16-8-13-7-14(10-16)11-17(19)9-13/h2-6,13-14,16-17H,7-12H2,1H3. The lowest BCUT2D eigenvalue weighted by Gasteiger charge is -2.59. The minimum absolute atomic E-state index is 0.293. The van der Waals surface area contributed by atoms with Crippen molar-refractivity contribution in [2.45, 2.75) is 40.3 Å². The zero-order valence-corrected chi connectivity index (χ0v) is 15.6. The van der Waals surface area contributed by atoms with Gasteiger partial charge in [-0.05, 0) is 67.6 Å². The van der Waals surface area contributed by atoms with Crippen molar-refractivity contribution in [1.82, 2.24) is 0 Å². The summed E-state index contributed by atoms with van der Waals surface area (Å²) in [5.41, 5.74) is 1.55. The molecule has 4 aliphatic carbocycles. The summed E-state index contributed by atoms with van der Waals surface area (Å²) in [7, 11) is 0. The number of rotatable bonds is 2. The van der Waals surface area contributed by atoms with Gasteiger partial charge in [0.2, 0.25) is 0 Å². The van der Waals surface area contributed by atoms with Gasteiger partial charge in [0.15, 0.2) is 0 Å². The van der Waals surface area contributed by atoms with Crippen LogP contribution in [0.15, 0.2) is 30.3 Å². The first-order chi connectivity index (χ1) is 10.7. The second-order valence-electron chi connectivity index (χ2n) is 7.74. The van der Waals surface area contributed by atoms with Crippen molar-refractivity contribution in [3.8, 4) is 0 Å². The minimum Gasteiger partial charge on any atom is -0.142 e. The van der Waals surface area contributed by atoms with Crippen LogP contribution in [0.25, 0.3) is 0 Å². The highest BCUT2D eigenvalue weighted by molar-refractivity contribution is 8.29. The van der Waals surface area contributed by atoms with Gasteiger partial charge in [-0.3, -0.25) is 0 Å². The van der Waals surface area contributed by atoms with Gasteiger partial charge in [0.1, 0.15) is 0 Å². The topological polar surface area (TPSA) is 0 Å². The average Bonchev–Trinajstić information content (AvgIpc) is 2.95. The summed E-state index contributed by atoms with van der Waals surface area (Å²) in [5, 5.41) is 0. The van der Waals surface area contributed by atoms with Crippen LogP contribution in [0.4, 0.5) is 0 Å². The molecule has 6 rings (SSSR count). The molecule has 1 unspecified atom stereocenters. The van der Waals surface area contributed by atoms with Gasteiger partial charge in [0.05, 0.1) is 8.16 Å². The molecule has 22 heavy (non-hydrogen) atoms. The number of benzene rings is 1. The van der Waals surface area contributed by atoms with Gasteiger partial charge in [-0.15, -0.1) is 35.3 Å². The van der Waals surface area contributed by atoms with E-state index < -0.39 is 0 Å². The second kappa shape index (κ2) is 5.13. The molecule has 118 valence electrons. The highest BCUT2D eigenvalue weighted by Crippen LogP contribution is 2.75. The van der Waals surface area contributed by atoms with Gasteiger partial charge < -0.3 is 0 Å². The van der Waals surface area contributed by atoms with E-state index in [9.17, 15) is 0 Å². The summed E-state index contributed by atoms with van der Waals surface area (Å²) in [6.07, 6.45) is 10.0. The van der Waals surface area contributed by atoms with Crippen LogP contribution in [0.2, 0.25) is 0 Å². The quantitative estimate of drug-likeness (QED) is 0.659. The third-order valence-electron chi connectivity index (χ3n) is 6.63. The lowest BCUT2D eigenvalue weighted by molar-refractivity contribution is 0.0159. The predicted octanol–water partition coefficient (Wildman–Crippen LogP) is 5.83. The fourth-order valence-corrected chi connectivity index (χ4v) is 11.9. The van der Waals surface area contributed by atoms with E-state index in [1.54, 1.807) is 12.0 Å². The van der Waals surface area contributed by atoms with Crippen LogP contribution < -0.4 is 0 Å². The fraction of sp³-hybridized carbons (Fsp3) is 0.684. The molecule has 1 aliphatic heterocycles. The first kappa shape index (κ1) is 14.6. The molecule has 1 aromatic rings. The molecule has 4 saturated carbocycles. The van der Waals surface area contributed by atoms with Crippen LogP contribution in [-0.2, 0) is 4.08 Å². The highest BCUT2D eigenvalue weighted by Gasteiger charge is 2.63. The molecule has 5 fully saturated rings. The Labute approximate surface area is 147 Å². The van der Waals surface area contributed by atoms with Gasteiger partial charge in [0, 0.05) is 5.75 Å². The van der Waals surface area contributed by atoms with E-state index >= 15 is 0 Å². The zero-order chi connectivity index (χ0) is 14.8. The summed E-state index contributed by atoms with van der Waals surface area (Å²) in [4.78, 5) is 0. The molecule has 5 aliphatic rings. The van der Waals surface area contributed by atoms with Gasteiger partial charge in [-0.25, -0.2) is 0 Å². The van der Waals surface area contributed by atoms with Crippen molar-refractivity contribution >= 4 is 35.3 Å². The molecule has 0 aromatic heterocycles. The Morgan fingerprint density at radius 1 is 0.955 bits per heavy atom. The van der Waals surface area contributed by atoms with Crippen molar-refractivity contribution in [2.75, 3.05) is 12.0 Å². The molecule has 1 spiro atoms. The number of thioether (sulfide) groups is 3. The van der Waals surface area contributed by atoms with E-state index in [-0.39, 0.29) is 0 Å². The average molecular weight is 349 g/mol. The Bertz CT molecular complexity index is 541. The van der Waals surface area contributed by atoms with Crippen molar-refractivity contribution in [3.63, 3.8) is 0 Å². The third-order valence-corrected chi connectivity index (χ3v) is 12.8. The molecular formula is C19H24S3. The maximum Gasteiger partial charge on any atom is 0.0961 e. The number of hydrogen-bond acceptors (Lipinski definition) is 3. The maximum absolute atomic E-state index is 2.38. The van der Waals surface area contributed by atoms with Crippen LogP contribution in [0.1, 0.15) is 37.7 Å².